The minimum absolute atomic E-state index is 0.123. The van der Waals surface area contributed by atoms with Crippen molar-refractivity contribution in [1.29, 1.82) is 0 Å². The number of carbonyl (C=O) groups excluding carboxylic acids is 1. The summed E-state index contributed by atoms with van der Waals surface area (Å²) < 4.78 is 22.8. The lowest BCUT2D eigenvalue weighted by Crippen LogP contribution is -2.34. The number of fused-ring (bicyclic) bond motifs is 2. The summed E-state index contributed by atoms with van der Waals surface area (Å²) in [6.45, 7) is 0.647. The summed E-state index contributed by atoms with van der Waals surface area (Å²) in [6, 6.07) is 4.81. The predicted molar refractivity (Wildman–Crippen MR) is 78.2 cm³/mol. The summed E-state index contributed by atoms with van der Waals surface area (Å²) in [5.41, 5.74) is 1.76. The Labute approximate surface area is 124 Å². The molecule has 0 radical (unpaired) electrons. The van der Waals surface area contributed by atoms with Crippen molar-refractivity contribution in [3.8, 4) is 0 Å². The summed E-state index contributed by atoms with van der Waals surface area (Å²) >= 11 is 0. The molecule has 4 rings (SSSR count). The molecule has 2 N–H and O–H groups in total. The Morgan fingerprint density at radius 3 is 2.57 bits per heavy atom. The molecule has 3 aliphatic rings. The summed E-state index contributed by atoms with van der Waals surface area (Å²) in [6.07, 6.45) is 4.07. The second-order valence-corrected chi connectivity index (χ2v) is 8.06. The Morgan fingerprint density at radius 1 is 1.19 bits per heavy atom. The van der Waals surface area contributed by atoms with Crippen LogP contribution < -0.4 is 10.0 Å². The van der Waals surface area contributed by atoms with Crippen molar-refractivity contribution in [2.75, 3.05) is 11.4 Å². The van der Waals surface area contributed by atoms with E-state index in [4.69, 9.17) is 5.14 Å². The van der Waals surface area contributed by atoms with Crippen LogP contribution in [0.1, 0.15) is 24.8 Å². The third kappa shape index (κ3) is 2.17. The highest BCUT2D eigenvalue weighted by Crippen LogP contribution is 2.55. The van der Waals surface area contributed by atoms with E-state index in [2.05, 4.69) is 0 Å². The number of nitrogens with two attached hydrogens (primary N) is 1. The van der Waals surface area contributed by atoms with Crippen molar-refractivity contribution >= 4 is 21.6 Å². The molecule has 2 aliphatic carbocycles. The SMILES string of the molecule is NS(=O)(=O)c1ccc2c(c1)CCN2C(=O)C1CC2CC2C1. The van der Waals surface area contributed by atoms with E-state index in [1.807, 2.05) is 4.90 Å². The number of benzene rings is 1. The number of rotatable bonds is 2. The van der Waals surface area contributed by atoms with Gasteiger partial charge in [0.05, 0.1) is 4.90 Å². The van der Waals surface area contributed by atoms with Crippen molar-refractivity contribution in [3.63, 3.8) is 0 Å². The standard InChI is InChI=1S/C15H18N2O3S/c16-21(19,20)13-1-2-14-9(8-13)3-4-17(14)15(18)12-6-10-5-11(10)7-12/h1-2,8,10-12H,3-7H2,(H2,16,19,20). The van der Waals surface area contributed by atoms with Crippen LogP contribution in [0.15, 0.2) is 23.1 Å². The molecule has 0 spiro atoms. The zero-order valence-electron chi connectivity index (χ0n) is 11.7. The maximum absolute atomic E-state index is 12.6. The highest BCUT2D eigenvalue weighted by Gasteiger charge is 2.49. The van der Waals surface area contributed by atoms with Gasteiger partial charge in [-0.2, -0.15) is 0 Å². The summed E-state index contributed by atoms with van der Waals surface area (Å²) in [5.74, 6) is 1.94. The highest BCUT2D eigenvalue weighted by atomic mass is 32.2. The first-order valence-corrected chi connectivity index (χ1v) is 8.95. The molecule has 1 aliphatic heterocycles. The number of amides is 1. The average Bonchev–Trinajstić information content (AvgIpc) is 2.88. The maximum atomic E-state index is 12.6. The van der Waals surface area contributed by atoms with Gasteiger partial charge in [-0.3, -0.25) is 4.79 Å². The molecule has 1 heterocycles. The minimum Gasteiger partial charge on any atom is -0.312 e. The lowest BCUT2D eigenvalue weighted by Gasteiger charge is -2.22. The number of hydrogen-bond acceptors (Lipinski definition) is 3. The summed E-state index contributed by atoms with van der Waals surface area (Å²) in [7, 11) is -3.68. The molecule has 2 unspecified atom stereocenters. The largest absolute Gasteiger partial charge is 0.312 e. The Balaban J connectivity index is 1.60. The van der Waals surface area contributed by atoms with E-state index in [9.17, 15) is 13.2 Å². The minimum atomic E-state index is -3.68. The van der Waals surface area contributed by atoms with Crippen LogP contribution in [0.4, 0.5) is 5.69 Å². The first-order valence-electron chi connectivity index (χ1n) is 7.40. The van der Waals surface area contributed by atoms with Crippen molar-refractivity contribution in [2.45, 2.75) is 30.6 Å². The molecule has 2 atom stereocenters. The van der Waals surface area contributed by atoms with Crippen LogP contribution in [0.5, 0.6) is 0 Å². The first-order chi connectivity index (χ1) is 9.93. The third-order valence-corrected chi connectivity index (χ3v) is 6.04. The number of sulfonamides is 1. The molecule has 5 nitrogen and oxygen atoms in total. The zero-order chi connectivity index (χ0) is 14.8. The van der Waals surface area contributed by atoms with E-state index in [0.29, 0.717) is 13.0 Å². The van der Waals surface area contributed by atoms with Gasteiger partial charge in [-0.05, 0) is 61.3 Å². The second kappa shape index (κ2) is 4.30. The first kappa shape index (κ1) is 13.3. The predicted octanol–water partition coefficient (Wildman–Crippen LogP) is 1.27. The van der Waals surface area contributed by atoms with Gasteiger partial charge in [0.15, 0.2) is 0 Å². The maximum Gasteiger partial charge on any atom is 0.238 e. The fraction of sp³-hybridized carbons (Fsp3) is 0.533. The Morgan fingerprint density at radius 2 is 1.90 bits per heavy atom. The van der Waals surface area contributed by atoms with E-state index in [1.54, 1.807) is 12.1 Å². The molecule has 0 saturated heterocycles. The number of carbonyl (C=O) groups is 1. The van der Waals surface area contributed by atoms with Gasteiger partial charge < -0.3 is 4.90 Å². The summed E-state index contributed by atoms with van der Waals surface area (Å²) in [4.78, 5) is 14.6. The molecule has 0 bridgehead atoms. The molecular weight excluding hydrogens is 288 g/mol. The van der Waals surface area contributed by atoms with E-state index in [0.717, 1.165) is 35.9 Å². The molecule has 21 heavy (non-hydrogen) atoms. The molecule has 2 saturated carbocycles. The zero-order valence-corrected chi connectivity index (χ0v) is 12.5. The number of primary sulfonamides is 1. The lowest BCUT2D eigenvalue weighted by molar-refractivity contribution is -0.122. The van der Waals surface area contributed by atoms with Crippen LogP contribution >= 0.6 is 0 Å². The van der Waals surface area contributed by atoms with Crippen LogP contribution in [0.2, 0.25) is 0 Å². The highest BCUT2D eigenvalue weighted by molar-refractivity contribution is 7.89. The Hall–Kier alpha value is -1.40. The van der Waals surface area contributed by atoms with E-state index >= 15 is 0 Å². The van der Waals surface area contributed by atoms with E-state index in [-0.39, 0.29) is 16.7 Å². The van der Waals surface area contributed by atoms with Gasteiger partial charge in [-0.1, -0.05) is 0 Å². The fourth-order valence-electron chi connectivity index (χ4n) is 3.92. The smallest absolute Gasteiger partial charge is 0.238 e. The normalized spacial score (nSPS) is 30.1. The van der Waals surface area contributed by atoms with Gasteiger partial charge in [-0.15, -0.1) is 0 Å². The molecular formula is C15H18N2O3S. The Bertz CT molecular complexity index is 718. The van der Waals surface area contributed by atoms with Gasteiger partial charge in [-0.25, -0.2) is 13.6 Å². The van der Waals surface area contributed by atoms with Crippen molar-refractivity contribution in [2.24, 2.45) is 22.9 Å². The van der Waals surface area contributed by atoms with Crippen LogP contribution in [-0.2, 0) is 21.2 Å². The number of hydrogen-bond donors (Lipinski definition) is 1. The van der Waals surface area contributed by atoms with E-state index in [1.165, 1.54) is 12.5 Å². The Kier molecular flexibility index (Phi) is 2.72. The summed E-state index contributed by atoms with van der Waals surface area (Å²) in [5, 5.41) is 5.16. The molecule has 0 aromatic heterocycles. The van der Waals surface area contributed by atoms with Crippen LogP contribution in [0, 0.1) is 17.8 Å². The van der Waals surface area contributed by atoms with Gasteiger partial charge in [0, 0.05) is 18.2 Å². The fourth-order valence-corrected chi connectivity index (χ4v) is 4.49. The quantitative estimate of drug-likeness (QED) is 0.893. The van der Waals surface area contributed by atoms with Gasteiger partial charge >= 0.3 is 0 Å². The molecule has 1 amide bonds. The van der Waals surface area contributed by atoms with Crippen molar-refractivity contribution in [1.82, 2.24) is 0 Å². The molecule has 6 heteroatoms. The number of nitrogens with zero attached hydrogens (tertiary/aromatic N) is 1. The van der Waals surface area contributed by atoms with Crippen molar-refractivity contribution < 1.29 is 13.2 Å². The van der Waals surface area contributed by atoms with Crippen LogP contribution in [0.3, 0.4) is 0 Å². The van der Waals surface area contributed by atoms with Gasteiger partial charge in [0.2, 0.25) is 15.9 Å². The van der Waals surface area contributed by atoms with E-state index < -0.39 is 10.0 Å². The topological polar surface area (TPSA) is 80.5 Å². The second-order valence-electron chi connectivity index (χ2n) is 6.50. The van der Waals surface area contributed by atoms with Gasteiger partial charge in [0.25, 0.3) is 0 Å². The molecule has 1 aromatic carbocycles. The average molecular weight is 306 g/mol. The van der Waals surface area contributed by atoms with Gasteiger partial charge in [0.1, 0.15) is 0 Å². The molecule has 1 aromatic rings. The molecule has 2 fully saturated rings. The number of anilines is 1. The van der Waals surface area contributed by atoms with Crippen molar-refractivity contribution in [3.05, 3.63) is 23.8 Å². The third-order valence-electron chi connectivity index (χ3n) is 5.13. The monoisotopic (exact) mass is 306 g/mol. The molecule has 112 valence electrons. The lowest BCUT2D eigenvalue weighted by atomic mass is 10.0. The van der Waals surface area contributed by atoms with Crippen LogP contribution in [-0.4, -0.2) is 20.9 Å². The van der Waals surface area contributed by atoms with Crippen LogP contribution in [0.25, 0.3) is 0 Å².